The summed E-state index contributed by atoms with van der Waals surface area (Å²) < 4.78 is 44.2. The molecule has 0 fully saturated rings. The summed E-state index contributed by atoms with van der Waals surface area (Å²) in [5, 5.41) is 35.3. The molecule has 1 aromatic rings. The van der Waals surface area contributed by atoms with E-state index in [0.29, 0.717) is 79.3 Å². The van der Waals surface area contributed by atoms with Gasteiger partial charge in [0.05, 0.1) is 132 Å². The molecule has 0 spiro atoms. The molecule has 0 atom stereocenters. The van der Waals surface area contributed by atoms with Gasteiger partial charge in [-0.1, -0.05) is 12.1 Å². The van der Waals surface area contributed by atoms with Crippen molar-refractivity contribution in [1.29, 1.82) is 0 Å². The number of aliphatic hydroxyl groups is 4. The summed E-state index contributed by atoms with van der Waals surface area (Å²) in [5.41, 5.74) is 3.75. The second kappa shape index (κ2) is 26.0. The third kappa shape index (κ3) is 18.1. The Kier molecular flexibility index (Phi) is 23.8. The minimum absolute atomic E-state index is 0.0327. The Balaban J connectivity index is 2.86. The minimum Gasteiger partial charge on any atom is -0.394 e. The van der Waals surface area contributed by atoms with Crippen molar-refractivity contribution in [2.75, 3.05) is 106 Å². The van der Waals surface area contributed by atoms with Gasteiger partial charge in [-0.15, -0.1) is 0 Å². The molecule has 12 heteroatoms. The Morgan fingerprint density at radius 3 is 0.737 bits per heavy atom. The van der Waals surface area contributed by atoms with Crippen LogP contribution in [-0.2, 0) is 64.3 Å². The lowest BCUT2D eigenvalue weighted by molar-refractivity contribution is 0.0200. The molecule has 0 aliphatic rings. The Labute approximate surface area is 225 Å². The molecule has 0 aliphatic carbocycles. The predicted octanol–water partition coefficient (Wildman–Crippen LogP) is -0.211. The van der Waals surface area contributed by atoms with Crippen molar-refractivity contribution in [3.63, 3.8) is 0 Å². The molecule has 0 amide bonds. The average Bonchev–Trinajstić information content (AvgIpc) is 2.93. The highest BCUT2D eigenvalue weighted by atomic mass is 16.5. The summed E-state index contributed by atoms with van der Waals surface area (Å²) in [5.74, 6) is 0. The van der Waals surface area contributed by atoms with Crippen molar-refractivity contribution in [2.45, 2.75) is 26.4 Å². The number of hydrogen-bond donors (Lipinski definition) is 4. The number of ether oxygens (including phenoxy) is 8. The quantitative estimate of drug-likeness (QED) is 0.102. The molecule has 12 nitrogen and oxygen atoms in total. The molecule has 1 rings (SSSR count). The van der Waals surface area contributed by atoms with E-state index in [1.807, 2.05) is 12.1 Å². The Hall–Kier alpha value is -1.26. The van der Waals surface area contributed by atoms with E-state index in [4.69, 9.17) is 58.3 Å². The van der Waals surface area contributed by atoms with Crippen LogP contribution in [0.4, 0.5) is 0 Å². The van der Waals surface area contributed by atoms with Gasteiger partial charge in [0.2, 0.25) is 0 Å². The number of rotatable bonds is 28. The number of aliphatic hydroxyl groups excluding tert-OH is 4. The van der Waals surface area contributed by atoms with Crippen molar-refractivity contribution < 1.29 is 58.3 Å². The van der Waals surface area contributed by atoms with E-state index in [1.54, 1.807) is 0 Å². The monoisotopic (exact) mass is 550 g/mol. The molecule has 0 unspecified atom stereocenters. The van der Waals surface area contributed by atoms with Crippen molar-refractivity contribution in [3.05, 3.63) is 34.4 Å². The van der Waals surface area contributed by atoms with Crippen LogP contribution in [0.25, 0.3) is 0 Å². The van der Waals surface area contributed by atoms with Gasteiger partial charge >= 0.3 is 0 Å². The lowest BCUT2D eigenvalue weighted by Gasteiger charge is -2.18. The molecule has 0 saturated heterocycles. The summed E-state index contributed by atoms with van der Waals surface area (Å²) in [6, 6.07) is 4.04. The Bertz CT molecular complexity index is 555. The van der Waals surface area contributed by atoms with E-state index in [-0.39, 0.29) is 52.9 Å². The molecule has 0 aromatic heterocycles. The molecular weight excluding hydrogens is 504 g/mol. The number of hydrogen-bond acceptors (Lipinski definition) is 12. The van der Waals surface area contributed by atoms with Crippen LogP contribution in [0.5, 0.6) is 0 Å². The van der Waals surface area contributed by atoms with Crippen molar-refractivity contribution in [3.8, 4) is 0 Å². The SMILES string of the molecule is OCCOCCOCc1cc(COCCOCCO)c(COCCOCCO)cc1COCCOCCO. The van der Waals surface area contributed by atoms with Gasteiger partial charge in [0, 0.05) is 0 Å². The van der Waals surface area contributed by atoms with Crippen LogP contribution in [0, 0.1) is 0 Å². The van der Waals surface area contributed by atoms with E-state index < -0.39 is 0 Å². The van der Waals surface area contributed by atoms with Crippen molar-refractivity contribution in [1.82, 2.24) is 0 Å². The first-order valence-corrected chi connectivity index (χ1v) is 13.0. The maximum Gasteiger partial charge on any atom is 0.0721 e. The zero-order valence-electron chi connectivity index (χ0n) is 22.4. The van der Waals surface area contributed by atoms with Gasteiger partial charge in [0.1, 0.15) is 0 Å². The third-order valence-corrected chi connectivity index (χ3v) is 4.98. The lowest BCUT2D eigenvalue weighted by atomic mass is 9.99. The molecule has 0 radical (unpaired) electrons. The van der Waals surface area contributed by atoms with E-state index >= 15 is 0 Å². The summed E-state index contributed by atoms with van der Waals surface area (Å²) in [7, 11) is 0. The molecule has 222 valence electrons. The normalized spacial score (nSPS) is 11.5. The molecule has 4 N–H and O–H groups in total. The molecule has 1 aromatic carbocycles. The zero-order chi connectivity index (χ0) is 27.5. The van der Waals surface area contributed by atoms with Crippen LogP contribution in [0.1, 0.15) is 22.3 Å². The Morgan fingerprint density at radius 1 is 0.316 bits per heavy atom. The highest BCUT2D eigenvalue weighted by Gasteiger charge is 2.12. The first kappa shape index (κ1) is 34.8. The fourth-order valence-corrected chi connectivity index (χ4v) is 3.20. The summed E-state index contributed by atoms with van der Waals surface area (Å²) >= 11 is 0. The smallest absolute Gasteiger partial charge is 0.0721 e. The van der Waals surface area contributed by atoms with Gasteiger partial charge in [-0.2, -0.15) is 0 Å². The highest BCUT2D eigenvalue weighted by molar-refractivity contribution is 5.38. The van der Waals surface area contributed by atoms with Crippen molar-refractivity contribution >= 4 is 0 Å². The number of benzene rings is 1. The standard InChI is InChI=1S/C26H46O12/c27-1-5-31-9-13-35-19-23-17-25(21-37-15-11-33-7-3-29)26(22-38-16-12-34-8-4-30)18-24(23)20-36-14-10-32-6-2-28/h17-18,27-30H,1-16,19-22H2. The van der Waals surface area contributed by atoms with Crippen LogP contribution >= 0.6 is 0 Å². The molecule has 38 heavy (non-hydrogen) atoms. The van der Waals surface area contributed by atoms with E-state index in [9.17, 15) is 0 Å². The minimum atomic E-state index is -0.0327. The van der Waals surface area contributed by atoms with Gasteiger partial charge in [0.15, 0.2) is 0 Å². The highest BCUT2D eigenvalue weighted by Crippen LogP contribution is 2.22. The second-order valence-corrected chi connectivity index (χ2v) is 7.94. The van der Waals surface area contributed by atoms with E-state index in [2.05, 4.69) is 0 Å². The molecule has 0 bridgehead atoms. The van der Waals surface area contributed by atoms with Crippen LogP contribution in [0.15, 0.2) is 12.1 Å². The predicted molar refractivity (Wildman–Crippen MR) is 137 cm³/mol. The Morgan fingerprint density at radius 2 is 0.526 bits per heavy atom. The molecule has 0 saturated carbocycles. The van der Waals surface area contributed by atoms with Gasteiger partial charge in [-0.25, -0.2) is 0 Å². The fraction of sp³-hybridized carbons (Fsp3) is 0.769. The van der Waals surface area contributed by atoms with Gasteiger partial charge in [-0.3, -0.25) is 0 Å². The first-order chi connectivity index (χ1) is 18.8. The van der Waals surface area contributed by atoms with Crippen molar-refractivity contribution in [2.24, 2.45) is 0 Å². The second-order valence-electron chi connectivity index (χ2n) is 7.94. The summed E-state index contributed by atoms with van der Waals surface area (Å²) in [6.45, 7) is 5.31. The maximum atomic E-state index is 8.83. The molecule has 0 aliphatic heterocycles. The van der Waals surface area contributed by atoms with E-state index in [0.717, 1.165) is 22.3 Å². The van der Waals surface area contributed by atoms with E-state index in [1.165, 1.54) is 0 Å². The van der Waals surface area contributed by atoms with Gasteiger partial charge in [0.25, 0.3) is 0 Å². The molecule has 0 heterocycles. The van der Waals surface area contributed by atoms with Crippen LogP contribution in [-0.4, -0.2) is 126 Å². The molecular formula is C26H46O12. The van der Waals surface area contributed by atoms with Crippen LogP contribution in [0.3, 0.4) is 0 Å². The summed E-state index contributed by atoms with van der Waals surface area (Å²) in [6.07, 6.45) is 0. The fourth-order valence-electron chi connectivity index (χ4n) is 3.20. The van der Waals surface area contributed by atoms with Gasteiger partial charge in [-0.05, 0) is 22.3 Å². The zero-order valence-corrected chi connectivity index (χ0v) is 22.4. The third-order valence-electron chi connectivity index (χ3n) is 4.98. The lowest BCUT2D eigenvalue weighted by Crippen LogP contribution is -2.13. The average molecular weight is 551 g/mol. The maximum absolute atomic E-state index is 8.83. The topological polar surface area (TPSA) is 155 Å². The largest absolute Gasteiger partial charge is 0.394 e. The summed E-state index contributed by atoms with van der Waals surface area (Å²) in [4.78, 5) is 0. The first-order valence-electron chi connectivity index (χ1n) is 13.0. The van der Waals surface area contributed by atoms with Crippen LogP contribution in [0.2, 0.25) is 0 Å². The van der Waals surface area contributed by atoms with Gasteiger partial charge < -0.3 is 58.3 Å². The van der Waals surface area contributed by atoms with Crippen LogP contribution < -0.4 is 0 Å².